The van der Waals surface area contributed by atoms with Crippen LogP contribution in [0.2, 0.25) is 0 Å². The molecule has 0 amide bonds. The minimum atomic E-state index is -0.0941. The van der Waals surface area contributed by atoms with E-state index in [2.05, 4.69) is 37.9 Å². The van der Waals surface area contributed by atoms with Crippen molar-refractivity contribution >= 4 is 11.8 Å². The van der Waals surface area contributed by atoms with Crippen LogP contribution in [-0.2, 0) is 6.54 Å². The van der Waals surface area contributed by atoms with Gasteiger partial charge in [0.1, 0.15) is 5.82 Å². The van der Waals surface area contributed by atoms with Crippen LogP contribution in [-0.4, -0.2) is 36.8 Å². The van der Waals surface area contributed by atoms with E-state index in [1.54, 1.807) is 17.8 Å². The molecule has 1 aromatic carbocycles. The van der Waals surface area contributed by atoms with E-state index in [0.717, 1.165) is 48.9 Å². The van der Waals surface area contributed by atoms with Crippen molar-refractivity contribution in [2.75, 3.05) is 31.9 Å². The SMILES string of the molecule is CCN(CC)CCSc1ccc(CNCC(C)C)cc1F. The molecule has 0 aliphatic rings. The Bertz CT molecular complexity index is 406. The maximum atomic E-state index is 14.1. The highest BCUT2D eigenvalue weighted by Crippen LogP contribution is 2.22. The fourth-order valence-corrected chi connectivity index (χ4v) is 3.03. The molecular weight excluding hydrogens is 283 g/mol. The summed E-state index contributed by atoms with van der Waals surface area (Å²) < 4.78 is 14.1. The molecule has 0 atom stereocenters. The zero-order valence-electron chi connectivity index (χ0n) is 13.8. The first kappa shape index (κ1) is 18.5. The van der Waals surface area contributed by atoms with Gasteiger partial charge in [0.2, 0.25) is 0 Å². The molecule has 2 nitrogen and oxygen atoms in total. The summed E-state index contributed by atoms with van der Waals surface area (Å²) in [6.45, 7) is 13.5. The van der Waals surface area contributed by atoms with Gasteiger partial charge in [-0.2, -0.15) is 0 Å². The summed E-state index contributed by atoms with van der Waals surface area (Å²) in [5.41, 5.74) is 1.02. The second-order valence-corrected chi connectivity index (χ2v) is 6.80. The Hall–Kier alpha value is -0.580. The Kier molecular flexibility index (Phi) is 8.97. The first-order valence-corrected chi connectivity index (χ1v) is 8.89. The number of rotatable bonds is 10. The molecule has 4 heteroatoms. The molecule has 1 aromatic rings. The van der Waals surface area contributed by atoms with Crippen LogP contribution in [0.15, 0.2) is 23.1 Å². The number of hydrogen-bond donors (Lipinski definition) is 1. The van der Waals surface area contributed by atoms with Gasteiger partial charge in [-0.25, -0.2) is 4.39 Å². The highest BCUT2D eigenvalue weighted by atomic mass is 32.2. The van der Waals surface area contributed by atoms with Gasteiger partial charge >= 0.3 is 0 Å². The lowest BCUT2D eigenvalue weighted by atomic mass is 10.2. The molecule has 0 fully saturated rings. The summed E-state index contributed by atoms with van der Waals surface area (Å²) in [7, 11) is 0. The second kappa shape index (κ2) is 10.2. The highest BCUT2D eigenvalue weighted by Gasteiger charge is 2.06. The second-order valence-electron chi connectivity index (χ2n) is 5.66. The molecule has 1 N–H and O–H groups in total. The maximum absolute atomic E-state index is 14.1. The zero-order chi connectivity index (χ0) is 15.7. The molecule has 0 saturated carbocycles. The molecule has 0 heterocycles. The molecule has 0 aliphatic heterocycles. The van der Waals surface area contributed by atoms with Gasteiger partial charge in [-0.1, -0.05) is 33.8 Å². The predicted octanol–water partition coefficient (Wildman–Crippen LogP) is 4.01. The van der Waals surface area contributed by atoms with E-state index in [-0.39, 0.29) is 5.82 Å². The standard InChI is InChI=1S/C17H29FN2S/c1-5-20(6-2)9-10-21-17-8-7-15(11-16(17)18)13-19-12-14(3)4/h7-8,11,14,19H,5-6,9-10,12-13H2,1-4H3. The lowest BCUT2D eigenvalue weighted by Crippen LogP contribution is -2.25. The summed E-state index contributed by atoms with van der Waals surface area (Å²) in [4.78, 5) is 3.12. The van der Waals surface area contributed by atoms with Crippen molar-refractivity contribution in [2.45, 2.75) is 39.1 Å². The number of halogens is 1. The smallest absolute Gasteiger partial charge is 0.137 e. The minimum Gasteiger partial charge on any atom is -0.312 e. The van der Waals surface area contributed by atoms with Crippen molar-refractivity contribution < 1.29 is 4.39 Å². The minimum absolute atomic E-state index is 0.0941. The van der Waals surface area contributed by atoms with Gasteiger partial charge in [-0.05, 0) is 43.2 Å². The average molecular weight is 312 g/mol. The normalized spacial score (nSPS) is 11.6. The maximum Gasteiger partial charge on any atom is 0.137 e. The molecule has 0 aromatic heterocycles. The highest BCUT2D eigenvalue weighted by molar-refractivity contribution is 7.99. The van der Waals surface area contributed by atoms with Gasteiger partial charge in [0, 0.05) is 23.7 Å². The third-order valence-electron chi connectivity index (χ3n) is 3.44. The molecule has 0 aliphatic carbocycles. The van der Waals surface area contributed by atoms with Crippen LogP contribution in [0.25, 0.3) is 0 Å². The summed E-state index contributed by atoms with van der Waals surface area (Å²) >= 11 is 1.61. The van der Waals surface area contributed by atoms with Crippen molar-refractivity contribution in [3.63, 3.8) is 0 Å². The Morgan fingerprint density at radius 1 is 1.24 bits per heavy atom. The van der Waals surface area contributed by atoms with Gasteiger partial charge in [-0.15, -0.1) is 11.8 Å². The molecule has 0 spiro atoms. The van der Waals surface area contributed by atoms with Crippen LogP contribution in [0.4, 0.5) is 4.39 Å². The van der Waals surface area contributed by atoms with E-state index >= 15 is 0 Å². The molecular formula is C17H29FN2S. The van der Waals surface area contributed by atoms with E-state index in [1.165, 1.54) is 0 Å². The topological polar surface area (TPSA) is 15.3 Å². The first-order chi connectivity index (χ1) is 10.1. The van der Waals surface area contributed by atoms with Gasteiger partial charge < -0.3 is 10.2 Å². The molecule has 120 valence electrons. The number of nitrogens with zero attached hydrogens (tertiary/aromatic N) is 1. The Balaban J connectivity index is 2.43. The first-order valence-electron chi connectivity index (χ1n) is 7.91. The molecule has 1 rings (SSSR count). The molecule has 0 radical (unpaired) electrons. The number of benzene rings is 1. The van der Waals surface area contributed by atoms with Crippen LogP contribution in [0, 0.1) is 11.7 Å². The molecule has 0 unspecified atom stereocenters. The van der Waals surface area contributed by atoms with Gasteiger partial charge in [0.05, 0.1) is 0 Å². The monoisotopic (exact) mass is 312 g/mol. The zero-order valence-corrected chi connectivity index (χ0v) is 14.6. The van der Waals surface area contributed by atoms with Crippen LogP contribution >= 0.6 is 11.8 Å². The Labute approximate surface area is 133 Å². The van der Waals surface area contributed by atoms with Crippen molar-refractivity contribution in [3.05, 3.63) is 29.6 Å². The van der Waals surface area contributed by atoms with Crippen LogP contribution in [0.5, 0.6) is 0 Å². The fraction of sp³-hybridized carbons (Fsp3) is 0.647. The fourth-order valence-electron chi connectivity index (χ4n) is 2.10. The van der Waals surface area contributed by atoms with Gasteiger partial charge in [0.25, 0.3) is 0 Å². The van der Waals surface area contributed by atoms with Crippen molar-refractivity contribution in [2.24, 2.45) is 5.92 Å². The van der Waals surface area contributed by atoms with Crippen molar-refractivity contribution in [3.8, 4) is 0 Å². The van der Waals surface area contributed by atoms with Crippen LogP contribution in [0.1, 0.15) is 33.3 Å². The average Bonchev–Trinajstić information content (AvgIpc) is 2.45. The van der Waals surface area contributed by atoms with E-state index < -0.39 is 0 Å². The predicted molar refractivity (Wildman–Crippen MR) is 91.5 cm³/mol. The van der Waals surface area contributed by atoms with Crippen LogP contribution in [0.3, 0.4) is 0 Å². The lowest BCUT2D eigenvalue weighted by Gasteiger charge is -2.17. The largest absolute Gasteiger partial charge is 0.312 e. The summed E-state index contributed by atoms with van der Waals surface area (Å²) in [6, 6.07) is 5.60. The quantitative estimate of drug-likeness (QED) is 0.657. The van der Waals surface area contributed by atoms with Crippen molar-refractivity contribution in [1.29, 1.82) is 0 Å². The van der Waals surface area contributed by atoms with E-state index in [0.29, 0.717) is 5.92 Å². The summed E-state index contributed by atoms with van der Waals surface area (Å²) in [5, 5.41) is 3.34. The number of nitrogens with one attached hydrogen (secondary N) is 1. The van der Waals surface area contributed by atoms with Crippen LogP contribution < -0.4 is 5.32 Å². The molecule has 0 bridgehead atoms. The third-order valence-corrected chi connectivity index (χ3v) is 4.47. The summed E-state index contributed by atoms with van der Waals surface area (Å²) in [6.07, 6.45) is 0. The van der Waals surface area contributed by atoms with E-state index in [1.807, 2.05) is 12.1 Å². The Morgan fingerprint density at radius 2 is 1.95 bits per heavy atom. The van der Waals surface area contributed by atoms with E-state index in [4.69, 9.17) is 0 Å². The number of hydrogen-bond acceptors (Lipinski definition) is 3. The van der Waals surface area contributed by atoms with Gasteiger partial charge in [0.15, 0.2) is 0 Å². The Morgan fingerprint density at radius 3 is 2.52 bits per heavy atom. The third kappa shape index (κ3) is 7.30. The van der Waals surface area contributed by atoms with E-state index in [9.17, 15) is 4.39 Å². The summed E-state index contributed by atoms with van der Waals surface area (Å²) in [5.74, 6) is 1.46. The lowest BCUT2D eigenvalue weighted by molar-refractivity contribution is 0.324. The van der Waals surface area contributed by atoms with Gasteiger partial charge in [-0.3, -0.25) is 0 Å². The number of thioether (sulfide) groups is 1. The van der Waals surface area contributed by atoms with Crippen molar-refractivity contribution in [1.82, 2.24) is 10.2 Å². The molecule has 21 heavy (non-hydrogen) atoms. The molecule has 0 saturated heterocycles.